The molecular weight excluding hydrogens is 197 g/mol. The highest BCUT2D eigenvalue weighted by Gasteiger charge is 2.48. The smallest absolute Gasteiger partial charge is 0.233 e. The van der Waals surface area contributed by atoms with Crippen LogP contribution in [0.5, 0.6) is 0 Å². The fraction of sp³-hybridized carbons (Fsp3) is 0.400. The summed E-state index contributed by atoms with van der Waals surface area (Å²) in [6.45, 7) is 0.328. The van der Waals surface area contributed by atoms with E-state index in [1.54, 1.807) is 6.07 Å². The molecule has 0 unspecified atom stereocenters. The third-order valence-electron chi connectivity index (χ3n) is 2.68. The third-order valence-corrected chi connectivity index (χ3v) is 2.68. The van der Waals surface area contributed by atoms with E-state index in [1.807, 2.05) is 0 Å². The number of amides is 1. The zero-order valence-corrected chi connectivity index (χ0v) is 8.16. The molecule has 3 N–H and O–H groups in total. The van der Waals surface area contributed by atoms with Gasteiger partial charge < -0.3 is 11.1 Å². The van der Waals surface area contributed by atoms with Gasteiger partial charge in [0.2, 0.25) is 11.9 Å². The minimum absolute atomic E-state index is 0.164. The first-order chi connectivity index (χ1) is 7.16. The van der Waals surface area contributed by atoms with Gasteiger partial charge in [0.25, 0.3) is 0 Å². The molecule has 0 spiro atoms. The number of aromatic nitrogens is 1. The number of nitrogens with two attached hydrogens (primary N) is 1. The van der Waals surface area contributed by atoms with Gasteiger partial charge in [-0.25, -0.2) is 4.98 Å². The summed E-state index contributed by atoms with van der Waals surface area (Å²) in [5.41, 5.74) is 5.06. The van der Waals surface area contributed by atoms with Crippen LogP contribution in [0.1, 0.15) is 12.8 Å². The van der Waals surface area contributed by atoms with E-state index in [9.17, 15) is 9.18 Å². The predicted molar refractivity (Wildman–Crippen MR) is 53.5 cm³/mol. The van der Waals surface area contributed by atoms with E-state index in [0.717, 1.165) is 12.8 Å². The number of hydrogen-bond acceptors (Lipinski definition) is 3. The Bertz CT molecular complexity index is 390. The number of halogens is 1. The molecule has 0 aliphatic heterocycles. The first-order valence-electron chi connectivity index (χ1n) is 4.80. The van der Waals surface area contributed by atoms with Crippen LogP contribution in [0.25, 0.3) is 0 Å². The molecule has 1 heterocycles. The molecule has 0 bridgehead atoms. The highest BCUT2D eigenvalue weighted by Crippen LogP contribution is 2.45. The van der Waals surface area contributed by atoms with Crippen LogP contribution < -0.4 is 11.1 Å². The van der Waals surface area contributed by atoms with Crippen LogP contribution in [0.4, 0.5) is 10.2 Å². The summed E-state index contributed by atoms with van der Waals surface area (Å²) >= 11 is 0. The maximum absolute atomic E-state index is 12.7. The number of pyridine rings is 1. The predicted octanol–water partition coefficient (Wildman–Crippen LogP) is 0.898. The van der Waals surface area contributed by atoms with Crippen LogP contribution in [0, 0.1) is 11.4 Å². The highest BCUT2D eigenvalue weighted by molar-refractivity contribution is 5.96. The molecule has 5 heteroatoms. The quantitative estimate of drug-likeness (QED) is 0.727. The summed E-state index contributed by atoms with van der Waals surface area (Å²) in [6, 6.07) is 4.28. The Balaban J connectivity index is 2.06. The Labute approximate surface area is 86.7 Å². The molecule has 0 aromatic carbocycles. The van der Waals surface area contributed by atoms with Gasteiger partial charge in [-0.15, -0.1) is 0 Å². The van der Waals surface area contributed by atoms with Crippen LogP contribution in [0.2, 0.25) is 0 Å². The Hall–Kier alpha value is -1.49. The van der Waals surface area contributed by atoms with E-state index in [2.05, 4.69) is 10.3 Å². The number of hydrogen-bond donors (Lipinski definition) is 2. The van der Waals surface area contributed by atoms with Crippen molar-refractivity contribution < 1.29 is 9.18 Å². The lowest BCUT2D eigenvalue weighted by molar-refractivity contribution is -0.120. The summed E-state index contributed by atoms with van der Waals surface area (Å²) in [5.74, 6) is -0.534. The Morgan fingerprint density at radius 3 is 2.87 bits per heavy atom. The largest absolute Gasteiger partial charge is 0.329 e. The van der Waals surface area contributed by atoms with Crippen molar-refractivity contribution in [1.82, 2.24) is 4.98 Å². The number of carbonyl (C=O) groups is 1. The number of nitrogens with zero attached hydrogens (tertiary/aromatic N) is 1. The number of anilines is 1. The summed E-state index contributed by atoms with van der Waals surface area (Å²) in [5, 5.41) is 2.57. The molecule has 1 aliphatic carbocycles. The van der Waals surface area contributed by atoms with Crippen LogP contribution in [-0.2, 0) is 4.79 Å². The summed E-state index contributed by atoms with van der Waals surface area (Å²) in [6.07, 6.45) is 1.59. The normalized spacial score (nSPS) is 17.2. The van der Waals surface area contributed by atoms with Crippen LogP contribution in [0.3, 0.4) is 0 Å². The molecule has 1 aliphatic rings. The molecule has 80 valence electrons. The van der Waals surface area contributed by atoms with E-state index in [4.69, 9.17) is 5.73 Å². The van der Waals surface area contributed by atoms with Gasteiger partial charge in [-0.05, 0) is 25.0 Å². The van der Waals surface area contributed by atoms with Gasteiger partial charge in [-0.1, -0.05) is 6.07 Å². The van der Waals surface area contributed by atoms with E-state index in [1.165, 1.54) is 12.1 Å². The second-order valence-electron chi connectivity index (χ2n) is 3.78. The highest BCUT2D eigenvalue weighted by atomic mass is 19.1. The second kappa shape index (κ2) is 3.58. The molecule has 4 nitrogen and oxygen atoms in total. The molecule has 1 aromatic rings. The maximum Gasteiger partial charge on any atom is 0.233 e. The van der Waals surface area contributed by atoms with Gasteiger partial charge in [0.1, 0.15) is 5.82 Å². The molecule has 1 saturated carbocycles. The van der Waals surface area contributed by atoms with Gasteiger partial charge in [0.05, 0.1) is 5.41 Å². The SMILES string of the molecule is NCC1(C(=O)Nc2cccc(F)n2)CC1. The monoisotopic (exact) mass is 209 g/mol. The molecule has 1 aromatic heterocycles. The lowest BCUT2D eigenvalue weighted by Crippen LogP contribution is -2.31. The van der Waals surface area contributed by atoms with Crippen molar-refractivity contribution in [3.05, 3.63) is 24.1 Å². The average molecular weight is 209 g/mol. The first kappa shape index (κ1) is 10.0. The van der Waals surface area contributed by atoms with Crippen LogP contribution >= 0.6 is 0 Å². The Kier molecular flexibility index (Phi) is 2.40. The minimum Gasteiger partial charge on any atom is -0.329 e. The molecular formula is C10H12FN3O. The van der Waals surface area contributed by atoms with Gasteiger partial charge in [0.15, 0.2) is 0 Å². The number of nitrogens with one attached hydrogen (secondary N) is 1. The van der Waals surface area contributed by atoms with E-state index in [-0.39, 0.29) is 11.7 Å². The topological polar surface area (TPSA) is 68.0 Å². The maximum atomic E-state index is 12.7. The Morgan fingerprint density at radius 1 is 1.60 bits per heavy atom. The van der Waals surface area contributed by atoms with Crippen molar-refractivity contribution in [3.8, 4) is 0 Å². The van der Waals surface area contributed by atoms with Gasteiger partial charge in [0, 0.05) is 6.54 Å². The van der Waals surface area contributed by atoms with E-state index >= 15 is 0 Å². The standard InChI is InChI=1S/C10H12FN3O/c11-7-2-1-3-8(13-7)14-9(15)10(6-12)4-5-10/h1-3H,4-6,12H2,(H,13,14,15). The molecule has 0 radical (unpaired) electrons. The molecule has 1 fully saturated rings. The van der Waals surface area contributed by atoms with Crippen LogP contribution in [0.15, 0.2) is 18.2 Å². The van der Waals surface area contributed by atoms with E-state index in [0.29, 0.717) is 6.54 Å². The zero-order chi connectivity index (χ0) is 10.9. The molecule has 0 atom stereocenters. The fourth-order valence-corrected chi connectivity index (χ4v) is 1.40. The Morgan fingerprint density at radius 2 is 2.33 bits per heavy atom. The molecule has 0 saturated heterocycles. The van der Waals surface area contributed by atoms with Crippen LogP contribution in [-0.4, -0.2) is 17.4 Å². The molecule has 15 heavy (non-hydrogen) atoms. The number of rotatable bonds is 3. The van der Waals surface area contributed by atoms with Crippen molar-refractivity contribution in [3.63, 3.8) is 0 Å². The van der Waals surface area contributed by atoms with Gasteiger partial charge in [-0.3, -0.25) is 4.79 Å². The van der Waals surface area contributed by atoms with Crippen molar-refractivity contribution in [2.24, 2.45) is 11.1 Å². The van der Waals surface area contributed by atoms with Crippen molar-refractivity contribution in [2.75, 3.05) is 11.9 Å². The van der Waals surface area contributed by atoms with E-state index < -0.39 is 11.4 Å². The number of carbonyl (C=O) groups excluding carboxylic acids is 1. The van der Waals surface area contributed by atoms with Gasteiger partial charge >= 0.3 is 0 Å². The van der Waals surface area contributed by atoms with Crippen molar-refractivity contribution in [2.45, 2.75) is 12.8 Å². The molecule has 1 amide bonds. The third kappa shape index (κ3) is 1.97. The lowest BCUT2D eigenvalue weighted by atomic mass is 10.1. The second-order valence-corrected chi connectivity index (χ2v) is 3.78. The lowest BCUT2D eigenvalue weighted by Gasteiger charge is -2.11. The minimum atomic E-state index is -0.606. The zero-order valence-electron chi connectivity index (χ0n) is 8.16. The summed E-state index contributed by atoms with van der Waals surface area (Å²) in [4.78, 5) is 15.2. The average Bonchev–Trinajstić information content (AvgIpc) is 2.98. The van der Waals surface area contributed by atoms with Crippen molar-refractivity contribution in [1.29, 1.82) is 0 Å². The summed E-state index contributed by atoms with van der Waals surface area (Å²) in [7, 11) is 0. The van der Waals surface area contributed by atoms with Crippen molar-refractivity contribution >= 4 is 11.7 Å². The molecule has 2 rings (SSSR count). The summed E-state index contributed by atoms with van der Waals surface area (Å²) < 4.78 is 12.7. The fourth-order valence-electron chi connectivity index (χ4n) is 1.40. The van der Waals surface area contributed by atoms with Gasteiger partial charge in [-0.2, -0.15) is 4.39 Å². The first-order valence-corrected chi connectivity index (χ1v) is 4.80.